The molecule has 0 spiro atoms. The normalized spacial score (nSPS) is 16.1. The first kappa shape index (κ1) is 10.2. The Labute approximate surface area is 89.2 Å². The number of carbonyl (C=O) groups is 1. The molecule has 15 heavy (non-hydrogen) atoms. The van der Waals surface area contributed by atoms with E-state index in [0.29, 0.717) is 11.8 Å². The predicted octanol–water partition coefficient (Wildman–Crippen LogP) is 1.02. The number of hydrogen-bond acceptors (Lipinski definition) is 3. The first-order valence-electron chi connectivity index (χ1n) is 5.30. The first-order chi connectivity index (χ1) is 7.22. The van der Waals surface area contributed by atoms with Crippen LogP contribution in [-0.4, -0.2) is 36.5 Å². The largest absolute Gasteiger partial charge is 0.456 e. The van der Waals surface area contributed by atoms with Crippen LogP contribution in [0.4, 0.5) is 0 Å². The zero-order valence-electron chi connectivity index (χ0n) is 9.12. The number of nitrogens with zero attached hydrogens (tertiary/aromatic N) is 1. The fourth-order valence-electron chi connectivity index (χ4n) is 1.75. The van der Waals surface area contributed by atoms with E-state index in [-0.39, 0.29) is 5.91 Å². The SMILES string of the molecule is CCN(C(=O)c1ccc(C)o1)C1CNC1. The average molecular weight is 208 g/mol. The van der Waals surface area contributed by atoms with E-state index in [9.17, 15) is 4.79 Å². The molecule has 4 nitrogen and oxygen atoms in total. The highest BCUT2D eigenvalue weighted by Gasteiger charge is 2.29. The monoisotopic (exact) mass is 208 g/mol. The highest BCUT2D eigenvalue weighted by molar-refractivity contribution is 5.91. The number of furan rings is 1. The number of amides is 1. The number of likely N-dealkylation sites (N-methyl/N-ethyl adjacent to an activating group) is 1. The lowest BCUT2D eigenvalue weighted by atomic mass is 10.1. The summed E-state index contributed by atoms with van der Waals surface area (Å²) in [6, 6.07) is 3.89. The van der Waals surface area contributed by atoms with Gasteiger partial charge in [0.15, 0.2) is 5.76 Å². The Hall–Kier alpha value is -1.29. The smallest absolute Gasteiger partial charge is 0.289 e. The van der Waals surface area contributed by atoms with Crippen LogP contribution in [0.2, 0.25) is 0 Å². The lowest BCUT2D eigenvalue weighted by Gasteiger charge is -2.37. The van der Waals surface area contributed by atoms with Crippen LogP contribution in [0.25, 0.3) is 0 Å². The number of hydrogen-bond donors (Lipinski definition) is 1. The fraction of sp³-hybridized carbons (Fsp3) is 0.545. The molecule has 82 valence electrons. The molecular weight excluding hydrogens is 192 g/mol. The Morgan fingerprint density at radius 1 is 1.60 bits per heavy atom. The topological polar surface area (TPSA) is 45.5 Å². The number of nitrogens with one attached hydrogen (secondary N) is 1. The van der Waals surface area contributed by atoms with Crippen molar-refractivity contribution in [2.24, 2.45) is 0 Å². The van der Waals surface area contributed by atoms with Crippen molar-refractivity contribution in [1.29, 1.82) is 0 Å². The van der Waals surface area contributed by atoms with E-state index in [4.69, 9.17) is 4.42 Å². The van der Waals surface area contributed by atoms with Crippen molar-refractivity contribution < 1.29 is 9.21 Å². The minimum atomic E-state index is -0.00269. The molecule has 0 bridgehead atoms. The van der Waals surface area contributed by atoms with Crippen LogP contribution in [-0.2, 0) is 0 Å². The van der Waals surface area contributed by atoms with Gasteiger partial charge < -0.3 is 14.6 Å². The quantitative estimate of drug-likeness (QED) is 0.806. The molecule has 1 saturated heterocycles. The van der Waals surface area contributed by atoms with Gasteiger partial charge >= 0.3 is 0 Å². The molecule has 1 aromatic rings. The van der Waals surface area contributed by atoms with E-state index >= 15 is 0 Å². The van der Waals surface area contributed by atoms with Gasteiger partial charge in [-0.2, -0.15) is 0 Å². The predicted molar refractivity (Wildman–Crippen MR) is 56.8 cm³/mol. The maximum absolute atomic E-state index is 12.0. The molecule has 0 unspecified atom stereocenters. The van der Waals surface area contributed by atoms with Crippen LogP contribution in [0.1, 0.15) is 23.2 Å². The fourth-order valence-corrected chi connectivity index (χ4v) is 1.75. The Kier molecular flexibility index (Phi) is 2.77. The van der Waals surface area contributed by atoms with E-state index < -0.39 is 0 Å². The van der Waals surface area contributed by atoms with Gasteiger partial charge in [-0.3, -0.25) is 4.79 Å². The molecule has 1 amide bonds. The van der Waals surface area contributed by atoms with Crippen LogP contribution in [0.3, 0.4) is 0 Å². The second-order valence-electron chi connectivity index (χ2n) is 3.81. The maximum Gasteiger partial charge on any atom is 0.289 e. The van der Waals surface area contributed by atoms with Crippen LogP contribution in [0, 0.1) is 6.92 Å². The summed E-state index contributed by atoms with van der Waals surface area (Å²) >= 11 is 0. The van der Waals surface area contributed by atoms with Crippen molar-refractivity contribution in [2.75, 3.05) is 19.6 Å². The Morgan fingerprint density at radius 2 is 2.33 bits per heavy atom. The molecule has 0 aliphatic carbocycles. The van der Waals surface area contributed by atoms with Crippen molar-refractivity contribution in [3.8, 4) is 0 Å². The van der Waals surface area contributed by atoms with Crippen LogP contribution in [0.15, 0.2) is 16.5 Å². The van der Waals surface area contributed by atoms with E-state index in [0.717, 1.165) is 25.4 Å². The Bertz CT molecular complexity index is 355. The van der Waals surface area contributed by atoms with Crippen molar-refractivity contribution in [3.05, 3.63) is 23.7 Å². The van der Waals surface area contributed by atoms with Crippen LogP contribution in [0.5, 0.6) is 0 Å². The van der Waals surface area contributed by atoms with E-state index in [1.54, 1.807) is 6.07 Å². The molecular formula is C11H16N2O2. The van der Waals surface area contributed by atoms with Gasteiger partial charge in [0, 0.05) is 19.6 Å². The molecule has 1 N–H and O–H groups in total. The summed E-state index contributed by atoms with van der Waals surface area (Å²) in [7, 11) is 0. The number of carbonyl (C=O) groups excluding carboxylic acids is 1. The molecule has 4 heteroatoms. The molecule has 1 aromatic heterocycles. The minimum Gasteiger partial charge on any atom is -0.456 e. The summed E-state index contributed by atoms with van der Waals surface area (Å²) in [5.41, 5.74) is 0. The number of rotatable bonds is 3. The number of aryl methyl sites for hydroxylation is 1. The molecule has 0 aromatic carbocycles. The van der Waals surface area contributed by atoms with Gasteiger partial charge in [0.25, 0.3) is 5.91 Å². The molecule has 0 radical (unpaired) electrons. The summed E-state index contributed by atoms with van der Waals surface area (Å²) in [4.78, 5) is 13.9. The third kappa shape index (κ3) is 1.90. The summed E-state index contributed by atoms with van der Waals surface area (Å²) in [6.07, 6.45) is 0. The molecule has 1 aliphatic heterocycles. The third-order valence-electron chi connectivity index (χ3n) is 2.75. The maximum atomic E-state index is 12.0. The summed E-state index contributed by atoms with van der Waals surface area (Å²) in [6.45, 7) is 6.34. The van der Waals surface area contributed by atoms with Gasteiger partial charge in [0.1, 0.15) is 5.76 Å². The van der Waals surface area contributed by atoms with Gasteiger partial charge in [-0.25, -0.2) is 0 Å². The van der Waals surface area contributed by atoms with E-state index in [2.05, 4.69) is 5.32 Å². The Morgan fingerprint density at radius 3 is 2.73 bits per heavy atom. The molecule has 2 heterocycles. The molecule has 0 atom stereocenters. The highest BCUT2D eigenvalue weighted by Crippen LogP contribution is 2.13. The molecule has 0 saturated carbocycles. The van der Waals surface area contributed by atoms with Gasteiger partial charge in [-0.05, 0) is 26.0 Å². The lowest BCUT2D eigenvalue weighted by Crippen LogP contribution is -2.58. The zero-order chi connectivity index (χ0) is 10.8. The standard InChI is InChI=1S/C11H16N2O2/c1-3-13(9-6-12-7-9)11(14)10-5-4-8(2)15-10/h4-5,9,12H,3,6-7H2,1-2H3. The van der Waals surface area contributed by atoms with E-state index in [1.807, 2.05) is 24.8 Å². The first-order valence-corrected chi connectivity index (χ1v) is 5.30. The van der Waals surface area contributed by atoms with Gasteiger partial charge in [0.05, 0.1) is 6.04 Å². The average Bonchev–Trinajstić information content (AvgIpc) is 2.57. The zero-order valence-corrected chi connectivity index (χ0v) is 9.12. The van der Waals surface area contributed by atoms with Gasteiger partial charge in [-0.1, -0.05) is 0 Å². The minimum absolute atomic E-state index is 0.00269. The molecule has 2 rings (SSSR count). The summed E-state index contributed by atoms with van der Waals surface area (Å²) in [5, 5.41) is 3.16. The van der Waals surface area contributed by atoms with Crippen molar-refractivity contribution in [3.63, 3.8) is 0 Å². The van der Waals surface area contributed by atoms with Gasteiger partial charge in [-0.15, -0.1) is 0 Å². The second kappa shape index (κ2) is 4.06. The molecule has 1 fully saturated rings. The van der Waals surface area contributed by atoms with E-state index in [1.165, 1.54) is 0 Å². The van der Waals surface area contributed by atoms with Crippen molar-refractivity contribution in [1.82, 2.24) is 10.2 Å². The summed E-state index contributed by atoms with van der Waals surface area (Å²) in [5.74, 6) is 1.22. The summed E-state index contributed by atoms with van der Waals surface area (Å²) < 4.78 is 5.34. The van der Waals surface area contributed by atoms with Crippen molar-refractivity contribution >= 4 is 5.91 Å². The lowest BCUT2D eigenvalue weighted by molar-refractivity contribution is 0.0596. The second-order valence-corrected chi connectivity index (χ2v) is 3.81. The van der Waals surface area contributed by atoms with Crippen LogP contribution < -0.4 is 5.32 Å². The molecule has 1 aliphatic rings. The highest BCUT2D eigenvalue weighted by atomic mass is 16.3. The Balaban J connectivity index is 2.10. The van der Waals surface area contributed by atoms with Crippen LogP contribution >= 0.6 is 0 Å². The third-order valence-corrected chi connectivity index (χ3v) is 2.75. The van der Waals surface area contributed by atoms with Gasteiger partial charge in [0.2, 0.25) is 0 Å². The van der Waals surface area contributed by atoms with Crippen molar-refractivity contribution in [2.45, 2.75) is 19.9 Å².